The van der Waals surface area contributed by atoms with Crippen LogP contribution in [0, 0.1) is 6.92 Å². The zero-order valence-electron chi connectivity index (χ0n) is 40.0. The lowest BCUT2D eigenvalue weighted by Gasteiger charge is -2.27. The third-order valence-corrected chi connectivity index (χ3v) is 12.2. The highest BCUT2D eigenvalue weighted by Gasteiger charge is 2.46. The molecule has 0 radical (unpaired) electrons. The van der Waals surface area contributed by atoms with E-state index in [0.717, 1.165) is 9.21 Å². The van der Waals surface area contributed by atoms with Gasteiger partial charge in [-0.15, -0.1) is 0 Å². The second-order valence-corrected chi connectivity index (χ2v) is 17.3. The topological polar surface area (TPSA) is 285 Å². The molecule has 2 aromatic heterocycles. The second-order valence-electron chi connectivity index (χ2n) is 16.5. The number of imidazole rings is 2. The first kappa shape index (κ1) is 52.4. The summed E-state index contributed by atoms with van der Waals surface area (Å²) in [7, 11) is 4.93. The summed E-state index contributed by atoms with van der Waals surface area (Å²) in [5, 5.41) is 7.63. The lowest BCUT2D eigenvalue weighted by Crippen LogP contribution is -2.54. The molecule has 2 aliphatic heterocycles. The molecule has 2 atom stereocenters. The highest BCUT2D eigenvalue weighted by Crippen LogP contribution is 2.40. The van der Waals surface area contributed by atoms with E-state index in [-0.39, 0.29) is 70.9 Å². The summed E-state index contributed by atoms with van der Waals surface area (Å²) in [5.74, 6) is -1.96. The Hall–Kier alpha value is -7.45. The third-order valence-electron chi connectivity index (χ3n) is 11.5. The van der Waals surface area contributed by atoms with Gasteiger partial charge in [0.1, 0.15) is 34.8 Å². The van der Waals surface area contributed by atoms with Gasteiger partial charge in [0.25, 0.3) is 23.6 Å². The van der Waals surface area contributed by atoms with Gasteiger partial charge in [0.15, 0.2) is 24.8 Å². The van der Waals surface area contributed by atoms with Crippen molar-refractivity contribution in [3.8, 4) is 23.0 Å². The molecule has 72 heavy (non-hydrogen) atoms. The van der Waals surface area contributed by atoms with E-state index in [0.29, 0.717) is 88.2 Å². The predicted molar refractivity (Wildman–Crippen MR) is 255 cm³/mol. The summed E-state index contributed by atoms with van der Waals surface area (Å²) in [5.41, 5.74) is 0.788. The second kappa shape index (κ2) is 24.1. The summed E-state index contributed by atoms with van der Waals surface area (Å²) < 4.78 is 65.1. The van der Waals surface area contributed by atoms with Gasteiger partial charge in [-0.1, -0.05) is 12.1 Å². The van der Waals surface area contributed by atoms with Gasteiger partial charge >= 0.3 is 5.69 Å². The number of rotatable bonds is 26. The molecule has 1 fully saturated rings. The van der Waals surface area contributed by atoms with Crippen LogP contribution in [-0.2, 0) is 65.8 Å². The summed E-state index contributed by atoms with van der Waals surface area (Å²) in [4.78, 5) is 93.1. The number of anilines is 2. The molecule has 384 valence electrons. The van der Waals surface area contributed by atoms with Crippen molar-refractivity contribution in [3.63, 3.8) is 0 Å². The largest absolute Gasteiger partial charge is 0.755 e. The number of benzene rings is 3. The van der Waals surface area contributed by atoms with E-state index < -0.39 is 53.5 Å². The minimum atomic E-state index is -2.83. The van der Waals surface area contributed by atoms with Crippen LogP contribution in [0.5, 0.6) is 23.0 Å². The van der Waals surface area contributed by atoms with E-state index in [2.05, 4.69) is 20.9 Å². The Morgan fingerprint density at radius 3 is 2.03 bits per heavy atom. The number of nitrogens with one attached hydrogen (secondary N) is 3. The van der Waals surface area contributed by atoms with Crippen molar-refractivity contribution in [3.05, 3.63) is 88.2 Å². The Bertz CT molecular complexity index is 2910. The number of aryl methyl sites for hydroxylation is 4. The zero-order valence-corrected chi connectivity index (χ0v) is 40.8. The molecule has 2 unspecified atom stereocenters. The Morgan fingerprint density at radius 1 is 0.792 bits per heavy atom. The number of carbonyl (C=O) groups is 6. The summed E-state index contributed by atoms with van der Waals surface area (Å²) >= 11 is -2.83. The van der Waals surface area contributed by atoms with Crippen LogP contribution in [0.4, 0.5) is 11.5 Å². The third kappa shape index (κ3) is 12.5. The van der Waals surface area contributed by atoms with Crippen LogP contribution in [0.15, 0.2) is 65.6 Å². The fourth-order valence-electron chi connectivity index (χ4n) is 7.77. The lowest BCUT2D eigenvalue weighted by atomic mass is 10.0. The van der Waals surface area contributed by atoms with Gasteiger partial charge in [-0.25, -0.2) is 14.1 Å². The van der Waals surface area contributed by atoms with Crippen molar-refractivity contribution in [2.45, 2.75) is 38.6 Å². The first-order valence-corrected chi connectivity index (χ1v) is 23.9. The predicted octanol–water partition coefficient (Wildman–Crippen LogP) is 1.56. The molecule has 24 nitrogen and oxygen atoms in total. The monoisotopic (exact) mass is 1020 g/mol. The molecule has 25 heteroatoms. The number of imide groups is 2. The fraction of sp³-hybridized carbons (Fsp3) is 0.404. The molecular weight excluding hydrogens is 963 g/mol. The Kier molecular flexibility index (Phi) is 17.5. The van der Waals surface area contributed by atoms with E-state index in [1.807, 2.05) is 0 Å². The van der Waals surface area contributed by atoms with Gasteiger partial charge < -0.3 is 48.2 Å². The van der Waals surface area contributed by atoms with Crippen molar-refractivity contribution >= 4 is 69.2 Å². The van der Waals surface area contributed by atoms with E-state index in [1.165, 1.54) is 27.3 Å². The molecular formula is C47H54N9O15S-. The first-order chi connectivity index (χ1) is 34.6. The van der Waals surface area contributed by atoms with Crippen molar-refractivity contribution in [2.24, 2.45) is 21.1 Å². The fourth-order valence-corrected chi connectivity index (χ4v) is 8.32. The molecule has 6 amide bonds. The van der Waals surface area contributed by atoms with Crippen molar-refractivity contribution < 1.29 is 66.0 Å². The Balaban J connectivity index is 0.728. The number of nitrogens with zero attached hydrogens (tertiary/aromatic N) is 6. The molecule has 0 saturated carbocycles. The normalized spacial score (nSPS) is 14.8. The number of fused-ring (bicyclic) bond motifs is 2. The SMILES string of the molecule is Cc1nc(N(c2cc3c(cc2Oc2cccc(OCC(=O)NCCCOCCOCCOCCCNC(=O)COc4cccc5c4C(=O)N(C4CCC(=O)NC4=O)C5=O)c2)n(C)c(=O)n3C)S(=O)[O-])cn1C. The van der Waals surface area contributed by atoms with Crippen molar-refractivity contribution in [1.29, 1.82) is 0 Å². The number of piperidine rings is 1. The lowest BCUT2D eigenvalue weighted by molar-refractivity contribution is -0.136. The highest BCUT2D eigenvalue weighted by atomic mass is 32.2. The molecule has 3 aromatic carbocycles. The molecule has 0 aliphatic carbocycles. The maximum atomic E-state index is 13.2. The number of ether oxygens (including phenoxy) is 6. The molecule has 5 aromatic rings. The van der Waals surface area contributed by atoms with E-state index >= 15 is 0 Å². The molecule has 0 bridgehead atoms. The molecule has 1 saturated heterocycles. The van der Waals surface area contributed by atoms with E-state index in [1.54, 1.807) is 75.2 Å². The highest BCUT2D eigenvalue weighted by molar-refractivity contribution is 7.81. The van der Waals surface area contributed by atoms with E-state index in [4.69, 9.17) is 28.4 Å². The minimum Gasteiger partial charge on any atom is -0.755 e. The standard InChI is InChI=1S/C47H55N9O15S/c1-29-50-39(26-52(29)2)56(72(64)65)36-24-34-35(54(4)47(63)53(34)3)25-38(36)71-31-10-5-9-30(23-31)69-27-41(58)48-15-7-17-66-19-21-68-22-20-67-18-8-16-49-42(59)28-70-37-12-6-11-32-43(37)46(62)55(45(32)61)33-13-14-40(57)51-44(33)60/h5-6,9-12,23-26,33H,7-8,13-22,27-28H2,1-4H3,(H,48,58)(H,49,59)(H,64,65)(H,51,57,60)/p-1. The van der Waals surface area contributed by atoms with Gasteiger partial charge in [0.2, 0.25) is 11.8 Å². The number of carbonyl (C=O) groups excluding carboxylic acids is 6. The summed E-state index contributed by atoms with van der Waals surface area (Å²) in [6.07, 6.45) is 2.63. The number of hydrogen-bond acceptors (Lipinski definition) is 16. The number of amides is 6. The minimum absolute atomic E-state index is 0.00477. The van der Waals surface area contributed by atoms with Gasteiger partial charge in [-0.05, 0) is 56.5 Å². The van der Waals surface area contributed by atoms with E-state index in [9.17, 15) is 42.3 Å². The first-order valence-electron chi connectivity index (χ1n) is 22.9. The molecule has 4 heterocycles. The Morgan fingerprint density at radius 2 is 1.40 bits per heavy atom. The van der Waals surface area contributed by atoms with Crippen molar-refractivity contribution in [2.75, 3.05) is 70.2 Å². The molecule has 2 aliphatic rings. The average molecular weight is 1020 g/mol. The summed E-state index contributed by atoms with van der Waals surface area (Å²) in [6, 6.07) is 12.9. The van der Waals surface area contributed by atoms with Crippen LogP contribution in [0.1, 0.15) is 52.2 Å². The van der Waals surface area contributed by atoms with Gasteiger partial charge in [-0.3, -0.25) is 52.3 Å². The van der Waals surface area contributed by atoms with Crippen LogP contribution in [0.25, 0.3) is 11.0 Å². The van der Waals surface area contributed by atoms with Crippen LogP contribution in [0.2, 0.25) is 0 Å². The van der Waals surface area contributed by atoms with Gasteiger partial charge in [-0.2, -0.15) is 0 Å². The summed E-state index contributed by atoms with van der Waals surface area (Å²) in [6.45, 7) is 3.76. The number of hydrogen-bond donors (Lipinski definition) is 3. The maximum Gasteiger partial charge on any atom is 0.328 e. The molecule has 0 spiro atoms. The molecule has 3 N–H and O–H groups in total. The number of aromatic nitrogens is 4. The average Bonchev–Trinajstić information content (AvgIpc) is 3.90. The van der Waals surface area contributed by atoms with Gasteiger partial charge in [0.05, 0.1) is 59.9 Å². The van der Waals surface area contributed by atoms with Gasteiger partial charge in [0, 0.05) is 72.2 Å². The smallest absolute Gasteiger partial charge is 0.328 e. The van der Waals surface area contributed by atoms with Crippen LogP contribution in [0.3, 0.4) is 0 Å². The molecule has 7 rings (SSSR count). The zero-order chi connectivity index (χ0) is 51.5. The maximum absolute atomic E-state index is 13.2. The quantitative estimate of drug-likeness (QED) is 0.0403. The van der Waals surface area contributed by atoms with Crippen molar-refractivity contribution in [1.82, 2.24) is 39.5 Å². The van der Waals surface area contributed by atoms with Crippen LogP contribution in [-0.4, -0.2) is 140 Å². The Labute approximate surface area is 414 Å². The van der Waals surface area contributed by atoms with Crippen LogP contribution < -0.4 is 40.2 Å². The van der Waals surface area contributed by atoms with Crippen LogP contribution >= 0.6 is 0 Å².